The van der Waals surface area contributed by atoms with Crippen molar-refractivity contribution < 1.29 is 27.8 Å². The molecule has 0 saturated heterocycles. The third kappa shape index (κ3) is 7.65. The van der Waals surface area contributed by atoms with Gasteiger partial charge in [0.1, 0.15) is 24.1 Å². The first-order valence-electron chi connectivity index (χ1n) is 13.2. The first-order valence-corrected chi connectivity index (χ1v) is 13.6. The van der Waals surface area contributed by atoms with Gasteiger partial charge in [-0.25, -0.2) is 8.78 Å². The smallest absolute Gasteiger partial charge is 0.272 e. The summed E-state index contributed by atoms with van der Waals surface area (Å²) in [7, 11) is 3.21. The summed E-state index contributed by atoms with van der Waals surface area (Å²) in [5, 5.41) is 8.41. The Bertz CT molecular complexity index is 1630. The molecule has 1 amide bonds. The monoisotopic (exact) mass is 602 g/mol. The van der Waals surface area contributed by atoms with Crippen LogP contribution in [0.1, 0.15) is 33.2 Å². The standard InChI is InChI=1S/C30H33ClF2N4O5/c1-30(2,3)42-11-10-24(29(39)34-20-7-8-23-18(12-20)15-36(4)35-23)37-16-26(40-5)22(14-28(37)38)21-13-19(31)6-9-25(21)41-17-27(32)33/h6-9,12-16,24,27H,10-11,17H2,1-5H3,(H,34,39). The van der Waals surface area contributed by atoms with Gasteiger partial charge in [0.25, 0.3) is 12.0 Å². The van der Waals surface area contributed by atoms with Crippen molar-refractivity contribution in [2.45, 2.75) is 45.3 Å². The van der Waals surface area contributed by atoms with E-state index in [0.29, 0.717) is 16.3 Å². The third-order valence-corrected chi connectivity index (χ3v) is 6.55. The minimum absolute atomic E-state index is 0.105. The van der Waals surface area contributed by atoms with Gasteiger partial charge in [0.05, 0.1) is 24.4 Å². The molecule has 2 aromatic carbocycles. The van der Waals surface area contributed by atoms with Crippen LogP contribution < -0.4 is 20.3 Å². The number of methoxy groups -OCH3 is 1. The van der Waals surface area contributed by atoms with Crippen molar-refractivity contribution in [2.24, 2.45) is 7.05 Å². The average molecular weight is 603 g/mol. The lowest BCUT2D eigenvalue weighted by Gasteiger charge is -2.24. The van der Waals surface area contributed by atoms with Crippen molar-refractivity contribution in [3.8, 4) is 22.6 Å². The maximum Gasteiger partial charge on any atom is 0.272 e. The number of nitrogens with zero attached hydrogens (tertiary/aromatic N) is 3. The molecule has 0 radical (unpaired) electrons. The van der Waals surface area contributed by atoms with Crippen LogP contribution in [0.25, 0.3) is 22.0 Å². The van der Waals surface area contributed by atoms with E-state index in [-0.39, 0.29) is 30.1 Å². The highest BCUT2D eigenvalue weighted by Crippen LogP contribution is 2.38. The molecular formula is C30H33ClF2N4O5. The second kappa shape index (κ2) is 12.9. The highest BCUT2D eigenvalue weighted by Gasteiger charge is 2.26. The van der Waals surface area contributed by atoms with E-state index in [1.54, 1.807) is 22.9 Å². The number of nitrogens with one attached hydrogen (secondary N) is 1. The zero-order valence-electron chi connectivity index (χ0n) is 24.0. The molecule has 0 fully saturated rings. The highest BCUT2D eigenvalue weighted by atomic mass is 35.5. The summed E-state index contributed by atoms with van der Waals surface area (Å²) in [6, 6.07) is 10.1. The van der Waals surface area contributed by atoms with Crippen LogP contribution in [0.15, 0.2) is 59.7 Å². The predicted molar refractivity (Wildman–Crippen MR) is 158 cm³/mol. The van der Waals surface area contributed by atoms with Gasteiger partial charge in [0, 0.05) is 59.6 Å². The van der Waals surface area contributed by atoms with Crippen molar-refractivity contribution in [1.29, 1.82) is 0 Å². The van der Waals surface area contributed by atoms with Crippen LogP contribution in [0, 0.1) is 0 Å². The van der Waals surface area contributed by atoms with Gasteiger partial charge in [-0.3, -0.25) is 18.8 Å². The number of hydrogen-bond donors (Lipinski definition) is 1. The second-order valence-electron chi connectivity index (χ2n) is 10.7. The van der Waals surface area contributed by atoms with Gasteiger partial charge >= 0.3 is 0 Å². The molecule has 4 rings (SSSR count). The zero-order valence-corrected chi connectivity index (χ0v) is 24.7. The number of aryl methyl sites for hydroxylation is 1. The summed E-state index contributed by atoms with van der Waals surface area (Å²) >= 11 is 6.20. The Kier molecular flexibility index (Phi) is 9.53. The lowest BCUT2D eigenvalue weighted by Crippen LogP contribution is -2.34. The number of pyridine rings is 1. The van der Waals surface area contributed by atoms with E-state index in [4.69, 9.17) is 25.8 Å². The first-order chi connectivity index (χ1) is 19.8. The minimum atomic E-state index is -2.70. The molecule has 0 aliphatic heterocycles. The quantitative estimate of drug-likeness (QED) is 0.223. The Balaban J connectivity index is 1.72. The number of carbonyl (C=O) groups excluding carboxylic acids is 1. The Morgan fingerprint density at radius 2 is 1.81 bits per heavy atom. The van der Waals surface area contributed by atoms with E-state index in [1.165, 1.54) is 42.1 Å². The minimum Gasteiger partial charge on any atom is -0.495 e. The second-order valence-corrected chi connectivity index (χ2v) is 11.1. The van der Waals surface area contributed by atoms with E-state index in [0.717, 1.165) is 10.9 Å². The molecule has 2 heterocycles. The fourth-order valence-electron chi connectivity index (χ4n) is 4.46. The van der Waals surface area contributed by atoms with Crippen LogP contribution in [0.3, 0.4) is 0 Å². The molecule has 12 heteroatoms. The number of anilines is 1. The first kappa shape index (κ1) is 31.0. The van der Waals surface area contributed by atoms with Crippen molar-refractivity contribution in [1.82, 2.24) is 14.3 Å². The summed E-state index contributed by atoms with van der Waals surface area (Å²) in [5.41, 5.74) is 0.909. The molecule has 1 N–H and O–H groups in total. The number of benzene rings is 2. The normalized spacial score (nSPS) is 12.5. The Hall–Kier alpha value is -3.96. The van der Waals surface area contributed by atoms with Crippen molar-refractivity contribution in [2.75, 3.05) is 25.6 Å². The Labute approximate surface area is 246 Å². The fourth-order valence-corrected chi connectivity index (χ4v) is 4.63. The van der Waals surface area contributed by atoms with Crippen LogP contribution in [0.4, 0.5) is 14.5 Å². The molecule has 0 spiro atoms. The van der Waals surface area contributed by atoms with Gasteiger partial charge in [-0.05, 0) is 57.2 Å². The summed E-state index contributed by atoms with van der Waals surface area (Å²) in [6.45, 7) is 5.05. The number of amides is 1. The lowest BCUT2D eigenvalue weighted by molar-refractivity contribution is -0.120. The number of halogens is 3. The SMILES string of the molecule is COc1cn(C(CCOC(C)(C)C)C(=O)Nc2ccc3nn(C)cc3c2)c(=O)cc1-c1cc(Cl)ccc1OCC(F)F. The lowest BCUT2D eigenvalue weighted by atomic mass is 10.0. The van der Waals surface area contributed by atoms with Crippen LogP contribution in [0.2, 0.25) is 5.02 Å². The van der Waals surface area contributed by atoms with E-state index in [1.807, 2.05) is 34.0 Å². The van der Waals surface area contributed by atoms with E-state index >= 15 is 0 Å². The third-order valence-electron chi connectivity index (χ3n) is 6.31. The summed E-state index contributed by atoms with van der Waals surface area (Å²) in [6.07, 6.45) is 0.738. The number of carbonyl (C=O) groups is 1. The summed E-state index contributed by atoms with van der Waals surface area (Å²) < 4.78 is 45.5. The largest absolute Gasteiger partial charge is 0.495 e. The van der Waals surface area contributed by atoms with Gasteiger partial charge in [0.15, 0.2) is 0 Å². The van der Waals surface area contributed by atoms with Crippen LogP contribution >= 0.6 is 11.6 Å². The zero-order chi connectivity index (χ0) is 30.6. The molecule has 4 aromatic rings. The van der Waals surface area contributed by atoms with E-state index in [9.17, 15) is 18.4 Å². The molecule has 9 nitrogen and oxygen atoms in total. The number of ether oxygens (including phenoxy) is 3. The Morgan fingerprint density at radius 1 is 1.07 bits per heavy atom. The molecule has 224 valence electrons. The highest BCUT2D eigenvalue weighted by molar-refractivity contribution is 6.31. The molecule has 0 saturated carbocycles. The summed E-state index contributed by atoms with van der Waals surface area (Å²) in [4.78, 5) is 27.2. The molecule has 0 bridgehead atoms. The van der Waals surface area contributed by atoms with E-state index in [2.05, 4.69) is 10.4 Å². The Morgan fingerprint density at radius 3 is 2.50 bits per heavy atom. The van der Waals surface area contributed by atoms with Crippen LogP contribution in [0.5, 0.6) is 11.5 Å². The number of hydrogen-bond acceptors (Lipinski definition) is 6. The van der Waals surface area contributed by atoms with E-state index < -0.39 is 36.1 Å². The maximum atomic E-state index is 13.7. The molecule has 1 atom stereocenters. The average Bonchev–Trinajstić information content (AvgIpc) is 3.29. The van der Waals surface area contributed by atoms with Crippen molar-refractivity contribution in [3.63, 3.8) is 0 Å². The maximum absolute atomic E-state index is 13.7. The summed E-state index contributed by atoms with van der Waals surface area (Å²) in [5.74, 6) is -0.115. The number of alkyl halides is 2. The molecular weight excluding hydrogens is 570 g/mol. The predicted octanol–water partition coefficient (Wildman–Crippen LogP) is 6.09. The van der Waals surface area contributed by atoms with Gasteiger partial charge in [-0.2, -0.15) is 5.10 Å². The molecule has 0 aliphatic rings. The fraction of sp³-hybridized carbons (Fsp3) is 0.367. The number of fused-ring (bicyclic) bond motifs is 1. The topological polar surface area (TPSA) is 96.6 Å². The van der Waals surface area contributed by atoms with Crippen LogP contribution in [-0.4, -0.2) is 52.6 Å². The van der Waals surface area contributed by atoms with Gasteiger partial charge in [0.2, 0.25) is 5.91 Å². The van der Waals surface area contributed by atoms with Gasteiger partial charge in [-0.15, -0.1) is 0 Å². The van der Waals surface area contributed by atoms with Gasteiger partial charge < -0.3 is 19.5 Å². The van der Waals surface area contributed by atoms with Crippen molar-refractivity contribution >= 4 is 34.1 Å². The number of rotatable bonds is 11. The molecule has 1 unspecified atom stereocenters. The van der Waals surface area contributed by atoms with Crippen molar-refractivity contribution in [3.05, 3.63) is 70.2 Å². The molecule has 42 heavy (non-hydrogen) atoms. The molecule has 2 aromatic heterocycles. The van der Waals surface area contributed by atoms with Gasteiger partial charge in [-0.1, -0.05) is 11.6 Å². The van der Waals surface area contributed by atoms with Crippen LogP contribution in [-0.2, 0) is 16.6 Å². The number of aromatic nitrogens is 3. The molecule has 0 aliphatic carbocycles.